The summed E-state index contributed by atoms with van der Waals surface area (Å²) in [5.41, 5.74) is -2.07. The number of aliphatic hydroxyl groups excluding tert-OH is 2. The maximum absolute atomic E-state index is 12.3. The first kappa shape index (κ1) is 96.3. The minimum Gasteiger partial charge on any atom is -1.00 e. The Morgan fingerprint density at radius 1 is 0.527 bits per heavy atom. The molecular weight excluding hydrogens is 1290 g/mol. The fourth-order valence-corrected chi connectivity index (χ4v) is 13.3. The molecule has 0 bridgehead atoms. The van der Waals surface area contributed by atoms with Gasteiger partial charge in [-0.25, -0.2) is 4.79 Å². The smallest absolute Gasteiger partial charge is 1.00 e. The van der Waals surface area contributed by atoms with Gasteiger partial charge in [0.15, 0.2) is 0 Å². The van der Waals surface area contributed by atoms with Gasteiger partial charge in [0.25, 0.3) is 0 Å². The molecule has 93 heavy (non-hydrogen) atoms. The molecule has 3 radical (unpaired) electrons. The van der Waals surface area contributed by atoms with Crippen LogP contribution in [0.15, 0.2) is 24.3 Å². The summed E-state index contributed by atoms with van der Waals surface area (Å²) in [5, 5.41) is 38.9. The molecule has 8 fully saturated rings. The predicted octanol–water partition coefficient (Wildman–Crippen LogP) is 12.3. The monoisotopic (exact) mass is 1410 g/mol. The molecule has 0 spiro atoms. The topological polar surface area (TPSA) is 245 Å². The van der Waals surface area contributed by atoms with Crippen LogP contribution in [-0.4, -0.2) is 151 Å². The maximum atomic E-state index is 12.3. The molecule has 9 atom stereocenters. The number of hydrogen-bond donors (Lipinski definition) is 4. The van der Waals surface area contributed by atoms with Crippen LogP contribution in [0.5, 0.6) is 0 Å². The van der Waals surface area contributed by atoms with Crippen LogP contribution >= 0.6 is 46.4 Å². The Morgan fingerprint density at radius 3 is 1.18 bits per heavy atom. The first-order valence-electron chi connectivity index (χ1n) is 33.5. The molecule has 0 aromatic carbocycles. The molecule has 529 valence electrons. The van der Waals surface area contributed by atoms with Crippen LogP contribution in [0.1, 0.15) is 280 Å². The van der Waals surface area contributed by atoms with E-state index in [9.17, 15) is 53.7 Å². The number of hydrogen-bond acceptors (Lipinski definition) is 15. The minimum absolute atomic E-state index is 0. The molecule has 0 heterocycles. The SMILES string of the molecule is C=C(C)C(=O)Cl.C=C(C)C(=O)OC1(C2CCCC2OC(=O)C(C)(C)C)CCCC1.CC(=O)C1CCCC1=O.CC(=O)C1CCCC1O.CC(C)(C)C(=O)Cl.CC(C)(C)C(=O)OC1CCCC1C1(O)CCCC1.ClCCCCCl.OC1CCCC1C1(O)CCCC1.[B].[H-].[H-].[H-].[Mg+2].[Na+]. The van der Waals surface area contributed by atoms with Gasteiger partial charge in [0.05, 0.1) is 40.2 Å². The van der Waals surface area contributed by atoms with Crippen LogP contribution in [0.2, 0.25) is 0 Å². The number of Topliss-reactive ketones (excluding diaryl/α,β-unsaturated/α-hetero) is 3. The van der Waals surface area contributed by atoms with E-state index >= 15 is 0 Å². The van der Waals surface area contributed by atoms with Gasteiger partial charge >= 0.3 is 70.5 Å². The summed E-state index contributed by atoms with van der Waals surface area (Å²) in [6, 6.07) is 0. The van der Waals surface area contributed by atoms with Crippen molar-refractivity contribution in [2.75, 3.05) is 11.8 Å². The van der Waals surface area contributed by atoms with E-state index in [1.54, 1.807) is 41.5 Å². The molecule has 22 heteroatoms. The third-order valence-electron chi connectivity index (χ3n) is 18.5. The Bertz CT molecular complexity index is 2310. The molecule has 8 saturated carbocycles. The number of carbonyl (C=O) groups is 8. The van der Waals surface area contributed by atoms with Gasteiger partial charge in [-0.05, 0) is 234 Å². The number of ketones is 3. The fourth-order valence-electron chi connectivity index (χ4n) is 12.9. The third kappa shape index (κ3) is 34.8. The Kier molecular flexibility index (Phi) is 48.1. The summed E-state index contributed by atoms with van der Waals surface area (Å²) >= 11 is 20.6. The second-order valence-electron chi connectivity index (χ2n) is 29.5. The Labute approximate surface area is 624 Å². The van der Waals surface area contributed by atoms with Gasteiger partial charge in [0, 0.05) is 66.8 Å². The van der Waals surface area contributed by atoms with Crippen molar-refractivity contribution in [3.05, 3.63) is 24.3 Å². The standard InChI is InChI=1S/C19H30O4.C15H26O3.C10H18O2.C7H12O2.C7H10O2.C5H9ClO.C4H8Cl2.C4H5ClO.B.Mg.Na.3H/c1-13(2)16(20)23-19(11-6-7-12-19)14-9-8-10-15(14)22-17(21)18(3,4)5;1-14(2,3)13(16)18-12-8-6-7-11(12)15(17)9-4-5-10-15;11-9-5-3-4-8(9)10(12)6-1-2-7-10;2*1-5(8)6-3-2-4-7(6)9;1-5(2,3)4(6)7;5-3-1-2-4-6;1-3(2)4(5)6;;;;;;/h14-15H,1,6-12H2,2-5H3;11-12,17H,4-10H2,1-3H3;8-9,11-12H,1-7H2;6-7,9H,2-4H2,1H3;6H,2-4H2,1H3;1-3H3;1-4H2;1H2,2H3;;;;;;/q;;;;;;;;;+2;+1;3*-1. The molecule has 0 amide bonds. The first-order chi connectivity index (χ1) is 41.6. The number of allylic oxidation sites excluding steroid dienone is 1. The van der Waals surface area contributed by atoms with Crippen LogP contribution in [0, 0.1) is 45.8 Å². The number of alkyl halides is 2. The van der Waals surface area contributed by atoms with Gasteiger partial charge in [-0.15, -0.1) is 23.2 Å². The van der Waals surface area contributed by atoms with E-state index in [4.69, 9.17) is 65.7 Å². The summed E-state index contributed by atoms with van der Waals surface area (Å²) < 4.78 is 17.4. The second-order valence-corrected chi connectivity index (χ2v) is 31.0. The number of carbonyl (C=O) groups excluding carboxylic acids is 8. The van der Waals surface area contributed by atoms with E-state index in [0.29, 0.717) is 17.6 Å². The summed E-state index contributed by atoms with van der Waals surface area (Å²) in [5.74, 6) is 1.33. The van der Waals surface area contributed by atoms with E-state index in [-0.39, 0.29) is 165 Å². The fraction of sp³-hybridized carbons (Fsp3) is 0.831. The molecule has 4 N–H and O–H groups in total. The summed E-state index contributed by atoms with van der Waals surface area (Å²) in [6.07, 6.45) is 27.0. The van der Waals surface area contributed by atoms with Crippen molar-refractivity contribution in [2.24, 2.45) is 45.8 Å². The summed E-state index contributed by atoms with van der Waals surface area (Å²) in [6.45, 7) is 29.8. The largest absolute Gasteiger partial charge is 2.00 e. The normalized spacial score (nSPS) is 25.9. The number of halogens is 4. The van der Waals surface area contributed by atoms with E-state index in [2.05, 4.69) is 13.2 Å². The molecule has 8 rings (SSSR count). The van der Waals surface area contributed by atoms with Crippen LogP contribution in [0.3, 0.4) is 0 Å². The molecule has 8 aliphatic rings. The first-order valence-corrected chi connectivity index (χ1v) is 35.3. The van der Waals surface area contributed by atoms with Crippen LogP contribution in [-0.2, 0) is 52.6 Å². The zero-order chi connectivity index (χ0) is 69.0. The average Bonchev–Trinajstić information content (AvgIpc) is 1.62. The molecule has 15 nitrogen and oxygen atoms in total. The van der Waals surface area contributed by atoms with Crippen molar-refractivity contribution in [2.45, 2.75) is 317 Å². The van der Waals surface area contributed by atoms with Crippen molar-refractivity contribution in [3.8, 4) is 0 Å². The number of ether oxygens (including phenoxy) is 3. The number of rotatable bonds is 13. The van der Waals surface area contributed by atoms with E-state index in [0.717, 1.165) is 192 Å². The van der Waals surface area contributed by atoms with Gasteiger partial charge in [-0.3, -0.25) is 33.6 Å². The van der Waals surface area contributed by atoms with Crippen LogP contribution in [0.4, 0.5) is 0 Å². The average molecular weight is 1410 g/mol. The van der Waals surface area contributed by atoms with Gasteiger partial charge in [-0.2, -0.15) is 0 Å². The molecule has 9 unspecified atom stereocenters. The van der Waals surface area contributed by atoms with Crippen molar-refractivity contribution in [1.82, 2.24) is 0 Å². The van der Waals surface area contributed by atoms with Gasteiger partial charge in [0.1, 0.15) is 35.2 Å². The van der Waals surface area contributed by atoms with Gasteiger partial charge in [0.2, 0.25) is 10.5 Å². The van der Waals surface area contributed by atoms with Crippen molar-refractivity contribution >= 4 is 124 Å². The summed E-state index contributed by atoms with van der Waals surface area (Å²) in [7, 11) is 0. The van der Waals surface area contributed by atoms with Gasteiger partial charge in [-0.1, -0.05) is 72.5 Å². The maximum Gasteiger partial charge on any atom is 2.00 e. The van der Waals surface area contributed by atoms with Crippen molar-refractivity contribution in [3.63, 3.8) is 0 Å². The predicted molar refractivity (Wildman–Crippen MR) is 374 cm³/mol. The molecule has 0 saturated heterocycles. The number of aliphatic hydroxyl groups is 4. The Morgan fingerprint density at radius 2 is 0.892 bits per heavy atom. The minimum atomic E-state index is -0.570. The molecular formula is C71H121BCl4MgNaO15. The third-order valence-corrected chi connectivity index (χ3v) is 19.9. The molecule has 0 aliphatic heterocycles. The molecule has 0 aromatic heterocycles. The molecule has 8 aliphatic carbocycles. The van der Waals surface area contributed by atoms with E-state index in [1.165, 1.54) is 6.92 Å². The van der Waals surface area contributed by atoms with Crippen LogP contribution < -0.4 is 29.6 Å². The van der Waals surface area contributed by atoms with E-state index < -0.39 is 32.9 Å². The zero-order valence-corrected chi connectivity index (χ0v) is 66.0. The Balaban J connectivity index is -0.000000250. The van der Waals surface area contributed by atoms with Crippen LogP contribution in [0.25, 0.3) is 0 Å². The molecule has 0 aromatic rings. The zero-order valence-electron chi connectivity index (χ0n) is 62.6. The van der Waals surface area contributed by atoms with Crippen molar-refractivity contribution in [1.29, 1.82) is 0 Å². The summed E-state index contributed by atoms with van der Waals surface area (Å²) in [4.78, 5) is 88.5. The Hall–Kier alpha value is -0.929. The second kappa shape index (κ2) is 46.5. The number of esters is 3. The van der Waals surface area contributed by atoms with Gasteiger partial charge < -0.3 is 38.9 Å². The van der Waals surface area contributed by atoms with Crippen molar-refractivity contribution < 1.29 is 107 Å². The quantitative estimate of drug-likeness (QED) is 0.0196. The number of unbranched alkanes of at least 4 members (excludes halogenated alkanes) is 1. The van der Waals surface area contributed by atoms with E-state index in [1.807, 2.05) is 41.5 Å².